The maximum atomic E-state index is 9.70. The molecule has 1 unspecified atom stereocenters. The number of methoxy groups -OCH3 is 2. The van der Waals surface area contributed by atoms with Crippen molar-refractivity contribution in [3.05, 3.63) is 23.8 Å². The van der Waals surface area contributed by atoms with E-state index in [-0.39, 0.29) is 11.0 Å². The van der Waals surface area contributed by atoms with Crippen molar-refractivity contribution in [1.29, 1.82) is 0 Å². The molecule has 0 amide bonds. The molecule has 0 radical (unpaired) electrons. The van der Waals surface area contributed by atoms with Gasteiger partial charge in [0.1, 0.15) is 5.22 Å². The Kier molecular flexibility index (Phi) is 6.68. The van der Waals surface area contributed by atoms with Crippen LogP contribution in [-0.4, -0.2) is 47.3 Å². The van der Waals surface area contributed by atoms with Crippen molar-refractivity contribution in [3.8, 4) is 11.5 Å². The van der Waals surface area contributed by atoms with E-state index in [2.05, 4.69) is 0 Å². The van der Waals surface area contributed by atoms with Crippen LogP contribution in [0.25, 0.3) is 0 Å². The minimum atomic E-state index is -2.36. The summed E-state index contributed by atoms with van der Waals surface area (Å²) in [6, 6.07) is 6.51. The molecule has 1 N–H and O–H groups in total. The summed E-state index contributed by atoms with van der Waals surface area (Å²) in [5.41, 5.74) is 1.15. The Labute approximate surface area is 146 Å². The number of aryl methyl sites for hydroxylation is 1. The van der Waals surface area contributed by atoms with E-state index in [4.69, 9.17) is 18.3 Å². The smallest absolute Gasteiger partial charge is 0.370 e. The second kappa shape index (κ2) is 8.34. The summed E-state index contributed by atoms with van der Waals surface area (Å²) in [5.74, 6) is 0.691. The zero-order valence-corrected chi connectivity index (χ0v) is 16.3. The molecule has 1 aromatic rings. The molecular weight excluding hydrogens is 324 g/mol. The molecule has 1 aromatic carbocycles. The molecule has 136 valence electrons. The molecule has 1 aliphatic heterocycles. The van der Waals surface area contributed by atoms with E-state index >= 15 is 0 Å². The van der Waals surface area contributed by atoms with Gasteiger partial charge in [-0.1, -0.05) is 18.9 Å². The highest BCUT2D eigenvalue weighted by molar-refractivity contribution is 6.70. The molecule has 1 fully saturated rings. The number of phenolic OH excluding ortho intramolecular Hbond substituents is 1. The van der Waals surface area contributed by atoms with Crippen LogP contribution >= 0.6 is 0 Å². The zero-order valence-electron chi connectivity index (χ0n) is 15.3. The van der Waals surface area contributed by atoms with Gasteiger partial charge in [0, 0.05) is 21.3 Å². The first-order chi connectivity index (χ1) is 11.6. The number of hydrogen-bond acceptors (Lipinski definition) is 5. The van der Waals surface area contributed by atoms with Gasteiger partial charge in [-0.2, -0.15) is 0 Å². The molecule has 0 spiro atoms. The third kappa shape index (κ3) is 3.61. The van der Waals surface area contributed by atoms with Crippen LogP contribution in [0.1, 0.15) is 37.7 Å². The second-order valence-corrected chi connectivity index (χ2v) is 10.2. The van der Waals surface area contributed by atoms with Crippen LogP contribution in [0.5, 0.6) is 11.5 Å². The fourth-order valence-corrected chi connectivity index (χ4v) is 7.89. The van der Waals surface area contributed by atoms with Gasteiger partial charge in [0.2, 0.25) is 0 Å². The third-order valence-corrected chi connectivity index (χ3v) is 9.79. The number of benzene rings is 1. The van der Waals surface area contributed by atoms with E-state index in [0.717, 1.165) is 50.1 Å². The number of aromatic hydroxyl groups is 1. The molecule has 0 aromatic heterocycles. The van der Waals surface area contributed by atoms with E-state index in [1.54, 1.807) is 34.5 Å². The van der Waals surface area contributed by atoms with Crippen LogP contribution in [0, 0.1) is 0 Å². The maximum absolute atomic E-state index is 9.70. The molecule has 1 heterocycles. The number of phenols is 1. The Bertz CT molecular complexity index is 532. The van der Waals surface area contributed by atoms with Gasteiger partial charge in [-0.05, 0) is 49.4 Å². The third-order valence-electron chi connectivity index (χ3n) is 5.37. The lowest BCUT2D eigenvalue weighted by atomic mass is 10.0. The highest BCUT2D eigenvalue weighted by Gasteiger charge is 2.58. The standard InChI is InChI=1S/C18H30O5Si/c1-20-17-14-15(9-10-16(17)19)8-7-12-18(21-2)11-5-6-13-24(18,22-3)23-4/h9-10,14,19H,5-8,11-13H2,1-4H3. The van der Waals surface area contributed by atoms with Crippen molar-refractivity contribution in [2.75, 3.05) is 28.4 Å². The molecule has 0 saturated carbocycles. The van der Waals surface area contributed by atoms with Crippen molar-refractivity contribution in [1.82, 2.24) is 0 Å². The minimum absolute atomic E-state index is 0.173. The topological polar surface area (TPSA) is 57.2 Å². The Balaban J connectivity index is 2.07. The van der Waals surface area contributed by atoms with Gasteiger partial charge in [0.05, 0.1) is 7.11 Å². The lowest BCUT2D eigenvalue weighted by Crippen LogP contribution is -2.64. The molecule has 0 aliphatic carbocycles. The Hall–Kier alpha value is -1.08. The van der Waals surface area contributed by atoms with Crippen molar-refractivity contribution < 1.29 is 23.4 Å². The van der Waals surface area contributed by atoms with Crippen molar-refractivity contribution in [2.24, 2.45) is 0 Å². The SMILES string of the molecule is COc1cc(CCCC2(OC)CCCC[Si]2(OC)OC)ccc1O. The van der Waals surface area contributed by atoms with Crippen LogP contribution in [0.4, 0.5) is 0 Å². The summed E-state index contributed by atoms with van der Waals surface area (Å²) < 4.78 is 23.1. The van der Waals surface area contributed by atoms with Crippen LogP contribution in [-0.2, 0) is 20.0 Å². The summed E-state index contributed by atoms with van der Waals surface area (Å²) >= 11 is 0. The van der Waals surface area contributed by atoms with Gasteiger partial charge in [-0.3, -0.25) is 0 Å². The van der Waals surface area contributed by atoms with Gasteiger partial charge >= 0.3 is 8.56 Å². The number of hydrogen-bond donors (Lipinski definition) is 1. The van der Waals surface area contributed by atoms with Gasteiger partial charge in [0.25, 0.3) is 0 Å². The first-order valence-corrected chi connectivity index (χ1v) is 10.6. The second-order valence-electron chi connectivity index (χ2n) is 6.43. The predicted molar refractivity (Wildman–Crippen MR) is 95.8 cm³/mol. The van der Waals surface area contributed by atoms with Gasteiger partial charge in [-0.15, -0.1) is 0 Å². The molecule has 1 saturated heterocycles. The van der Waals surface area contributed by atoms with Crippen LogP contribution in [0.3, 0.4) is 0 Å². The average Bonchev–Trinajstić information content (AvgIpc) is 2.63. The molecule has 6 heteroatoms. The van der Waals surface area contributed by atoms with Crippen molar-refractivity contribution in [3.63, 3.8) is 0 Å². The highest BCUT2D eigenvalue weighted by atomic mass is 28.4. The molecule has 1 atom stereocenters. The molecule has 0 bridgehead atoms. The Morgan fingerprint density at radius 1 is 1.12 bits per heavy atom. The fourth-order valence-electron chi connectivity index (χ4n) is 3.98. The van der Waals surface area contributed by atoms with Gasteiger partial charge in [-0.25, -0.2) is 0 Å². The first-order valence-electron chi connectivity index (χ1n) is 8.58. The summed E-state index contributed by atoms with van der Waals surface area (Å²) in [6.45, 7) is 0. The molecule has 24 heavy (non-hydrogen) atoms. The number of ether oxygens (including phenoxy) is 2. The highest BCUT2D eigenvalue weighted by Crippen LogP contribution is 2.43. The van der Waals surface area contributed by atoms with E-state index < -0.39 is 8.56 Å². The quantitative estimate of drug-likeness (QED) is 0.723. The Morgan fingerprint density at radius 3 is 2.50 bits per heavy atom. The fraction of sp³-hybridized carbons (Fsp3) is 0.667. The monoisotopic (exact) mass is 354 g/mol. The summed E-state index contributed by atoms with van der Waals surface area (Å²) in [4.78, 5) is 0. The number of rotatable bonds is 8. The Morgan fingerprint density at radius 2 is 1.88 bits per heavy atom. The van der Waals surface area contributed by atoms with E-state index in [9.17, 15) is 5.11 Å². The van der Waals surface area contributed by atoms with Crippen molar-refractivity contribution >= 4 is 8.56 Å². The zero-order chi connectivity index (χ0) is 17.6. The minimum Gasteiger partial charge on any atom is -0.504 e. The van der Waals surface area contributed by atoms with Crippen LogP contribution in [0.15, 0.2) is 18.2 Å². The molecule has 1 aliphatic rings. The summed E-state index contributed by atoms with van der Waals surface area (Å²) in [7, 11) is 4.52. The van der Waals surface area contributed by atoms with E-state index in [1.807, 2.05) is 12.1 Å². The van der Waals surface area contributed by atoms with E-state index in [1.165, 1.54) is 0 Å². The molecular formula is C18H30O5Si. The van der Waals surface area contributed by atoms with Gasteiger partial charge in [0.15, 0.2) is 11.5 Å². The summed E-state index contributed by atoms with van der Waals surface area (Å²) in [5, 5.41) is 9.42. The largest absolute Gasteiger partial charge is 0.504 e. The molecule has 5 nitrogen and oxygen atoms in total. The normalized spacial score (nSPS) is 23.2. The first kappa shape index (κ1) is 19.2. The van der Waals surface area contributed by atoms with Crippen LogP contribution < -0.4 is 4.74 Å². The average molecular weight is 355 g/mol. The van der Waals surface area contributed by atoms with Crippen molar-refractivity contribution in [2.45, 2.75) is 49.8 Å². The van der Waals surface area contributed by atoms with E-state index in [0.29, 0.717) is 5.75 Å². The lowest BCUT2D eigenvalue weighted by Gasteiger charge is -2.48. The maximum Gasteiger partial charge on any atom is 0.370 e. The summed E-state index contributed by atoms with van der Waals surface area (Å²) in [6.07, 6.45) is 6.09. The lowest BCUT2D eigenvalue weighted by molar-refractivity contribution is -0.0156. The predicted octanol–water partition coefficient (Wildman–Crippen LogP) is 3.57. The van der Waals surface area contributed by atoms with Crippen LogP contribution in [0.2, 0.25) is 6.04 Å². The molecule has 2 rings (SSSR count). The van der Waals surface area contributed by atoms with Gasteiger partial charge < -0.3 is 23.4 Å².